The second-order valence-corrected chi connectivity index (χ2v) is 16.4. The Balaban J connectivity index is 1.21. The number of para-hydroxylation sites is 2. The molecular formula is C32H48O9P2. The largest absolute Gasteiger partial charge is 0.491 e. The van der Waals surface area contributed by atoms with Crippen molar-refractivity contribution in [3.8, 4) is 11.5 Å². The van der Waals surface area contributed by atoms with Crippen LogP contribution in [0.5, 0.6) is 11.5 Å². The average molecular weight is 639 g/mol. The molecule has 2 aromatic rings. The lowest BCUT2D eigenvalue weighted by Crippen LogP contribution is -2.33. The smallest absolute Gasteiger partial charge is 0.336 e. The maximum absolute atomic E-state index is 13.0. The van der Waals surface area contributed by atoms with Crippen LogP contribution in [0.4, 0.5) is 0 Å². The average Bonchev–Trinajstić information content (AvgIpc) is 2.91. The fourth-order valence-electron chi connectivity index (χ4n) is 5.53. The minimum absolute atomic E-state index is 0.281. The van der Waals surface area contributed by atoms with Crippen LogP contribution < -0.4 is 9.47 Å². The molecule has 9 nitrogen and oxygen atoms in total. The Kier molecular flexibility index (Phi) is 11.6. The third-order valence-corrected chi connectivity index (χ3v) is 12.1. The van der Waals surface area contributed by atoms with Crippen molar-refractivity contribution in [1.82, 2.24) is 0 Å². The number of hydrogen-bond acceptors (Lipinski definition) is 9. The zero-order chi connectivity index (χ0) is 31.1. The molecule has 2 aromatic carbocycles. The Morgan fingerprint density at radius 1 is 0.628 bits per heavy atom. The Bertz CT molecular complexity index is 1180. The molecule has 0 unspecified atom stereocenters. The van der Waals surface area contributed by atoms with Crippen molar-refractivity contribution in [2.24, 2.45) is 0 Å². The van der Waals surface area contributed by atoms with Crippen molar-refractivity contribution in [2.45, 2.75) is 90.6 Å². The molecule has 2 heterocycles. The second kappa shape index (κ2) is 14.6. The molecule has 2 aliphatic heterocycles. The fourth-order valence-corrected chi connectivity index (χ4v) is 9.99. The third-order valence-electron chi connectivity index (χ3n) is 7.54. The van der Waals surface area contributed by atoms with Crippen molar-refractivity contribution in [2.75, 3.05) is 38.8 Å². The topological polar surface area (TPSA) is 98.8 Å². The van der Waals surface area contributed by atoms with Gasteiger partial charge in [0.25, 0.3) is 0 Å². The summed E-state index contributed by atoms with van der Waals surface area (Å²) in [7, 11) is -6.21. The van der Waals surface area contributed by atoms with Gasteiger partial charge in [-0.05, 0) is 25.0 Å². The minimum atomic E-state index is -3.10. The van der Waals surface area contributed by atoms with Gasteiger partial charge in [-0.3, -0.25) is 27.2 Å². The first kappa shape index (κ1) is 34.2. The lowest BCUT2D eigenvalue weighted by Gasteiger charge is -2.39. The van der Waals surface area contributed by atoms with Gasteiger partial charge in [-0.25, -0.2) is 0 Å². The van der Waals surface area contributed by atoms with E-state index >= 15 is 0 Å². The molecule has 0 spiro atoms. The zero-order valence-electron chi connectivity index (χ0n) is 26.4. The maximum Gasteiger partial charge on any atom is 0.336 e. The van der Waals surface area contributed by atoms with Gasteiger partial charge in [-0.1, -0.05) is 90.8 Å². The van der Waals surface area contributed by atoms with Crippen LogP contribution in [0.3, 0.4) is 0 Å². The van der Waals surface area contributed by atoms with Gasteiger partial charge in [-0.15, -0.1) is 0 Å². The van der Waals surface area contributed by atoms with Crippen molar-refractivity contribution < 1.29 is 41.4 Å². The van der Waals surface area contributed by atoms with Crippen LogP contribution in [0, 0.1) is 0 Å². The highest BCUT2D eigenvalue weighted by molar-refractivity contribution is 7.55. The molecule has 4 rings (SSSR count). The summed E-state index contributed by atoms with van der Waals surface area (Å²) in [4.78, 5) is 0. The van der Waals surface area contributed by atoms with E-state index < -0.39 is 26.0 Å². The van der Waals surface area contributed by atoms with Crippen molar-refractivity contribution >= 4 is 15.2 Å². The van der Waals surface area contributed by atoms with Crippen LogP contribution >= 0.6 is 15.2 Å². The molecule has 2 saturated heterocycles. The van der Waals surface area contributed by atoms with Crippen LogP contribution in [0.1, 0.15) is 78.4 Å². The Morgan fingerprint density at radius 3 is 1.37 bits per heavy atom. The lowest BCUT2D eigenvalue weighted by atomic mass is 9.86. The van der Waals surface area contributed by atoms with Crippen molar-refractivity contribution in [3.05, 3.63) is 59.7 Å². The molecule has 0 atom stereocenters. The summed E-state index contributed by atoms with van der Waals surface area (Å²) in [6.07, 6.45) is 3.16. The van der Waals surface area contributed by atoms with E-state index in [4.69, 9.17) is 32.3 Å². The van der Waals surface area contributed by atoms with Gasteiger partial charge in [0, 0.05) is 22.0 Å². The predicted octanol–water partition coefficient (Wildman–Crippen LogP) is 8.45. The molecule has 0 saturated carbocycles. The van der Waals surface area contributed by atoms with E-state index in [-0.39, 0.29) is 24.9 Å². The van der Waals surface area contributed by atoms with E-state index in [1.165, 1.54) is 0 Å². The molecule has 2 fully saturated rings. The quantitative estimate of drug-likeness (QED) is 0.118. The van der Waals surface area contributed by atoms with Crippen LogP contribution in [0.2, 0.25) is 0 Å². The standard InChI is InChI=1S/C32H48O9P2/c1-7-13-29-38-42(33,39-29)23-31(3,4)25-15-9-11-17-27(25)36-21-19-35-20-22-37-28-18-12-10-16-26(28)32(5,6)24-43(34)40-30(41-43)14-8-2/h9-12,15-18,29-30H,7-8,13-14,19-24H2,1-6H3. The SMILES string of the molecule is CCCC1OP(=O)(CC(C)(C)c2ccccc2OCCOCCOc2ccccc2C(C)(C)CP2(=O)OC(CCC)O2)O1. The number of hydrogen-bond donors (Lipinski definition) is 0. The molecule has 2 aliphatic rings. The van der Waals surface area contributed by atoms with Gasteiger partial charge < -0.3 is 14.2 Å². The minimum Gasteiger partial charge on any atom is -0.491 e. The van der Waals surface area contributed by atoms with E-state index in [1.807, 2.05) is 90.1 Å². The summed E-state index contributed by atoms with van der Waals surface area (Å²) in [6, 6.07) is 15.5. The Morgan fingerprint density at radius 2 is 1.00 bits per heavy atom. The summed E-state index contributed by atoms with van der Waals surface area (Å²) in [5.41, 5.74) is 0.946. The summed E-state index contributed by atoms with van der Waals surface area (Å²) in [5.74, 6) is 1.44. The first-order valence-electron chi connectivity index (χ1n) is 15.3. The molecule has 0 aromatic heterocycles. The molecule has 0 radical (unpaired) electrons. The second-order valence-electron chi connectivity index (χ2n) is 12.5. The number of rotatable bonds is 18. The van der Waals surface area contributed by atoms with Gasteiger partial charge in [0.15, 0.2) is 12.6 Å². The maximum atomic E-state index is 13.0. The highest BCUT2D eigenvalue weighted by atomic mass is 31.2. The third kappa shape index (κ3) is 9.17. The highest BCUT2D eigenvalue weighted by Crippen LogP contribution is 2.64. The molecule has 43 heavy (non-hydrogen) atoms. The van der Waals surface area contributed by atoms with Crippen molar-refractivity contribution in [1.29, 1.82) is 0 Å². The molecule has 0 amide bonds. The monoisotopic (exact) mass is 638 g/mol. The molecule has 11 heteroatoms. The van der Waals surface area contributed by atoms with E-state index in [0.29, 0.717) is 26.4 Å². The van der Waals surface area contributed by atoms with Gasteiger partial charge in [0.2, 0.25) is 0 Å². The van der Waals surface area contributed by atoms with Crippen LogP contribution in [0.15, 0.2) is 48.5 Å². The van der Waals surface area contributed by atoms with Gasteiger partial charge in [0.1, 0.15) is 24.7 Å². The van der Waals surface area contributed by atoms with Crippen LogP contribution in [-0.2, 0) is 42.8 Å². The summed E-state index contributed by atoms with van der Waals surface area (Å²) >= 11 is 0. The molecule has 0 bridgehead atoms. The van der Waals surface area contributed by atoms with Crippen LogP contribution in [-0.4, -0.2) is 51.3 Å². The zero-order valence-corrected chi connectivity index (χ0v) is 28.2. The van der Waals surface area contributed by atoms with E-state index in [0.717, 1.165) is 48.3 Å². The van der Waals surface area contributed by atoms with Crippen LogP contribution in [0.25, 0.3) is 0 Å². The summed E-state index contributed by atoms with van der Waals surface area (Å²) < 4.78 is 66.4. The number of benzene rings is 2. The first-order chi connectivity index (χ1) is 20.4. The lowest BCUT2D eigenvalue weighted by molar-refractivity contribution is -0.0973. The Hall–Kier alpha value is -1.70. The van der Waals surface area contributed by atoms with E-state index in [1.54, 1.807) is 0 Å². The summed E-state index contributed by atoms with van der Waals surface area (Å²) in [5, 5.41) is 0. The van der Waals surface area contributed by atoms with Gasteiger partial charge in [0.05, 0.1) is 25.5 Å². The normalized spacial score (nSPS) is 25.5. The molecule has 0 N–H and O–H groups in total. The predicted molar refractivity (Wildman–Crippen MR) is 167 cm³/mol. The molecule has 240 valence electrons. The Labute approximate surface area is 256 Å². The van der Waals surface area contributed by atoms with Gasteiger partial charge >= 0.3 is 15.2 Å². The molecular weight excluding hydrogens is 590 g/mol. The van der Waals surface area contributed by atoms with E-state index in [9.17, 15) is 9.13 Å². The summed E-state index contributed by atoms with van der Waals surface area (Å²) in [6.45, 7) is 13.7. The van der Waals surface area contributed by atoms with Gasteiger partial charge in [-0.2, -0.15) is 0 Å². The highest BCUT2D eigenvalue weighted by Gasteiger charge is 2.47. The number of ether oxygens (including phenoxy) is 3. The first-order valence-corrected chi connectivity index (χ1v) is 18.8. The molecule has 0 aliphatic carbocycles. The fraction of sp³-hybridized carbons (Fsp3) is 0.625. The van der Waals surface area contributed by atoms with E-state index in [2.05, 4.69) is 0 Å². The van der Waals surface area contributed by atoms with Crippen molar-refractivity contribution in [3.63, 3.8) is 0 Å².